The van der Waals surface area contributed by atoms with E-state index >= 15 is 0 Å². The van der Waals surface area contributed by atoms with Crippen LogP contribution in [0.3, 0.4) is 0 Å². The van der Waals surface area contributed by atoms with Gasteiger partial charge in [-0.2, -0.15) is 5.10 Å². The van der Waals surface area contributed by atoms with E-state index in [1.54, 1.807) is 12.3 Å². The van der Waals surface area contributed by atoms with E-state index in [2.05, 4.69) is 45.8 Å². The number of aromatic amines is 1. The highest BCUT2D eigenvalue weighted by atomic mass is 16.1. The maximum absolute atomic E-state index is 12.0. The Morgan fingerprint density at radius 3 is 2.96 bits per heavy atom. The second-order valence-corrected chi connectivity index (χ2v) is 6.65. The minimum Gasteiger partial charge on any atom is -0.357 e. The maximum atomic E-state index is 12.0. The number of H-pyrrole nitrogens is 1. The first kappa shape index (κ1) is 16.8. The Morgan fingerprint density at radius 1 is 1.46 bits per heavy atom. The van der Waals surface area contributed by atoms with Crippen LogP contribution in [0.4, 0.5) is 0 Å². The number of likely N-dealkylation sites (tertiary alicyclic amines) is 1. The molecule has 2 N–H and O–H groups in total. The Morgan fingerprint density at radius 2 is 2.29 bits per heavy atom. The molecule has 24 heavy (non-hydrogen) atoms. The normalized spacial score (nSPS) is 18.2. The molecule has 1 aliphatic rings. The average Bonchev–Trinajstić information content (AvgIpc) is 3.30. The highest BCUT2D eigenvalue weighted by Crippen LogP contribution is 2.21. The molecule has 0 spiro atoms. The van der Waals surface area contributed by atoms with Crippen LogP contribution in [0.5, 0.6) is 0 Å². The number of carbonyl (C=O) groups excluding carboxylic acids is 1. The van der Waals surface area contributed by atoms with Crippen molar-refractivity contribution >= 4 is 5.91 Å². The van der Waals surface area contributed by atoms with Gasteiger partial charge in [0.1, 0.15) is 5.69 Å². The summed E-state index contributed by atoms with van der Waals surface area (Å²) in [6.45, 7) is 11.1. The molecule has 2 aromatic rings. The molecule has 1 saturated heterocycles. The molecule has 0 radical (unpaired) electrons. The molecule has 6 nitrogen and oxygen atoms in total. The zero-order valence-electron chi connectivity index (χ0n) is 14.8. The van der Waals surface area contributed by atoms with Gasteiger partial charge in [0.2, 0.25) is 0 Å². The summed E-state index contributed by atoms with van der Waals surface area (Å²) in [4.78, 5) is 17.4. The van der Waals surface area contributed by atoms with Crippen molar-refractivity contribution in [3.63, 3.8) is 0 Å². The third kappa shape index (κ3) is 3.53. The zero-order chi connectivity index (χ0) is 17.1. The second kappa shape index (κ2) is 7.21. The fourth-order valence-corrected chi connectivity index (χ4v) is 3.52. The van der Waals surface area contributed by atoms with Gasteiger partial charge in [-0.05, 0) is 51.8 Å². The van der Waals surface area contributed by atoms with Crippen LogP contribution in [0.2, 0.25) is 0 Å². The molecule has 1 aliphatic heterocycles. The number of aryl methyl sites for hydroxylation is 2. The van der Waals surface area contributed by atoms with Gasteiger partial charge in [0.15, 0.2) is 0 Å². The summed E-state index contributed by atoms with van der Waals surface area (Å²) >= 11 is 0. The van der Waals surface area contributed by atoms with Gasteiger partial charge in [0.25, 0.3) is 5.91 Å². The molecule has 1 amide bonds. The molecule has 0 saturated carbocycles. The molecule has 3 rings (SSSR count). The van der Waals surface area contributed by atoms with E-state index in [-0.39, 0.29) is 5.91 Å². The fraction of sp³-hybridized carbons (Fsp3) is 0.556. The molecule has 3 heterocycles. The molecular formula is C18H27N5O. The lowest BCUT2D eigenvalue weighted by atomic mass is 10.1. The topological polar surface area (TPSA) is 66.0 Å². The minimum absolute atomic E-state index is 0.0191. The Labute approximate surface area is 143 Å². The molecule has 0 bridgehead atoms. The summed E-state index contributed by atoms with van der Waals surface area (Å²) in [6, 6.07) is 3.64. The van der Waals surface area contributed by atoms with Gasteiger partial charge < -0.3 is 10.3 Å². The van der Waals surface area contributed by atoms with Crippen molar-refractivity contribution < 1.29 is 4.79 Å². The first-order chi connectivity index (χ1) is 11.6. The summed E-state index contributed by atoms with van der Waals surface area (Å²) in [7, 11) is 0. The van der Waals surface area contributed by atoms with Crippen molar-refractivity contribution in [3.05, 3.63) is 41.0 Å². The quantitative estimate of drug-likeness (QED) is 0.853. The van der Waals surface area contributed by atoms with Crippen molar-refractivity contribution in [1.82, 2.24) is 25.0 Å². The first-order valence-electron chi connectivity index (χ1n) is 8.75. The summed E-state index contributed by atoms with van der Waals surface area (Å²) < 4.78 is 2.08. The lowest BCUT2D eigenvalue weighted by Gasteiger charge is -2.16. The number of hydrogen-bond acceptors (Lipinski definition) is 3. The van der Waals surface area contributed by atoms with Crippen molar-refractivity contribution in [1.29, 1.82) is 0 Å². The number of carbonyl (C=O) groups is 1. The van der Waals surface area contributed by atoms with E-state index < -0.39 is 0 Å². The summed E-state index contributed by atoms with van der Waals surface area (Å²) in [6.07, 6.45) is 2.90. The van der Waals surface area contributed by atoms with Gasteiger partial charge in [-0.25, -0.2) is 0 Å². The molecule has 1 fully saturated rings. The van der Waals surface area contributed by atoms with Crippen molar-refractivity contribution in [2.75, 3.05) is 19.6 Å². The molecule has 2 aromatic heterocycles. The predicted molar refractivity (Wildman–Crippen MR) is 93.9 cm³/mol. The number of nitrogens with zero attached hydrogens (tertiary/aromatic N) is 3. The molecular weight excluding hydrogens is 302 g/mol. The lowest BCUT2D eigenvalue weighted by molar-refractivity contribution is 0.0943. The van der Waals surface area contributed by atoms with E-state index in [4.69, 9.17) is 0 Å². The van der Waals surface area contributed by atoms with E-state index in [0.717, 1.165) is 44.8 Å². The SMILES string of the molecule is CCn1nc(C)c(CN2CCC(CNC(=O)c3ccc[nH]3)C2)c1C. The summed E-state index contributed by atoms with van der Waals surface area (Å²) in [5.41, 5.74) is 4.40. The molecule has 0 aromatic carbocycles. The lowest BCUT2D eigenvalue weighted by Crippen LogP contribution is -2.31. The van der Waals surface area contributed by atoms with Gasteiger partial charge in [0, 0.05) is 43.6 Å². The van der Waals surface area contributed by atoms with E-state index in [0.29, 0.717) is 11.6 Å². The third-order valence-corrected chi connectivity index (χ3v) is 4.98. The molecule has 1 atom stereocenters. The maximum Gasteiger partial charge on any atom is 0.267 e. The number of aromatic nitrogens is 3. The minimum atomic E-state index is -0.0191. The largest absolute Gasteiger partial charge is 0.357 e. The van der Waals surface area contributed by atoms with Crippen LogP contribution in [0, 0.1) is 19.8 Å². The van der Waals surface area contributed by atoms with Crippen molar-refractivity contribution in [3.8, 4) is 0 Å². The summed E-state index contributed by atoms with van der Waals surface area (Å²) in [5, 5.41) is 7.64. The van der Waals surface area contributed by atoms with Crippen LogP contribution >= 0.6 is 0 Å². The zero-order valence-corrected chi connectivity index (χ0v) is 14.8. The van der Waals surface area contributed by atoms with Crippen LogP contribution < -0.4 is 5.32 Å². The third-order valence-electron chi connectivity index (χ3n) is 4.98. The van der Waals surface area contributed by atoms with Crippen LogP contribution in [0.1, 0.15) is 40.8 Å². The highest BCUT2D eigenvalue weighted by Gasteiger charge is 2.25. The number of rotatable bonds is 6. The number of hydrogen-bond donors (Lipinski definition) is 2. The van der Waals surface area contributed by atoms with Crippen LogP contribution in [-0.2, 0) is 13.1 Å². The Bertz CT molecular complexity index is 689. The second-order valence-electron chi connectivity index (χ2n) is 6.65. The van der Waals surface area contributed by atoms with Crippen LogP contribution in [0.25, 0.3) is 0 Å². The van der Waals surface area contributed by atoms with Gasteiger partial charge in [-0.3, -0.25) is 14.4 Å². The Hall–Kier alpha value is -2.08. The molecule has 130 valence electrons. The summed E-state index contributed by atoms with van der Waals surface area (Å²) in [5.74, 6) is 0.500. The van der Waals surface area contributed by atoms with Gasteiger partial charge in [-0.1, -0.05) is 0 Å². The van der Waals surface area contributed by atoms with Crippen LogP contribution in [0.15, 0.2) is 18.3 Å². The predicted octanol–water partition coefficient (Wildman–Crippen LogP) is 2.10. The monoisotopic (exact) mass is 329 g/mol. The highest BCUT2D eigenvalue weighted by molar-refractivity contribution is 5.92. The van der Waals surface area contributed by atoms with E-state index in [9.17, 15) is 4.79 Å². The number of nitrogens with one attached hydrogen (secondary N) is 2. The van der Waals surface area contributed by atoms with Crippen molar-refractivity contribution in [2.24, 2.45) is 5.92 Å². The molecule has 1 unspecified atom stereocenters. The smallest absolute Gasteiger partial charge is 0.267 e. The molecule has 6 heteroatoms. The van der Waals surface area contributed by atoms with Crippen LogP contribution in [-0.4, -0.2) is 45.2 Å². The Kier molecular flexibility index (Phi) is 5.04. The van der Waals surface area contributed by atoms with E-state index in [1.807, 2.05) is 6.07 Å². The molecule has 0 aliphatic carbocycles. The Balaban J connectivity index is 1.51. The van der Waals surface area contributed by atoms with Gasteiger partial charge >= 0.3 is 0 Å². The fourth-order valence-electron chi connectivity index (χ4n) is 3.52. The van der Waals surface area contributed by atoms with E-state index in [1.165, 1.54) is 11.3 Å². The standard InChI is InChI=1S/C18H27N5O/c1-4-23-14(3)16(13(2)21-23)12-22-9-7-15(11-22)10-20-18(24)17-6-5-8-19-17/h5-6,8,15,19H,4,7,9-12H2,1-3H3,(H,20,24). The van der Waals surface area contributed by atoms with Gasteiger partial charge in [-0.15, -0.1) is 0 Å². The van der Waals surface area contributed by atoms with Crippen molar-refractivity contribution in [2.45, 2.75) is 40.3 Å². The number of amides is 1. The van der Waals surface area contributed by atoms with Gasteiger partial charge in [0.05, 0.1) is 5.69 Å². The first-order valence-corrected chi connectivity index (χ1v) is 8.75. The average molecular weight is 329 g/mol.